The van der Waals surface area contributed by atoms with Crippen LogP contribution in [-0.2, 0) is 20.8 Å². The summed E-state index contributed by atoms with van der Waals surface area (Å²) >= 11 is 13.5. The van der Waals surface area contributed by atoms with Gasteiger partial charge in [-0.25, -0.2) is 9.78 Å². The highest BCUT2D eigenvalue weighted by Crippen LogP contribution is 2.25. The second-order valence-corrected chi connectivity index (χ2v) is 9.02. The maximum Gasteiger partial charge on any atom is 0.326 e. The number of hydrogen-bond acceptors (Lipinski definition) is 6. The van der Waals surface area contributed by atoms with Crippen LogP contribution in [0, 0.1) is 0 Å². The van der Waals surface area contributed by atoms with Crippen LogP contribution in [0.25, 0.3) is 0 Å². The minimum Gasteiger partial charge on any atom is -0.480 e. The van der Waals surface area contributed by atoms with Gasteiger partial charge in [-0.05, 0) is 23.8 Å². The molecule has 1 aromatic carbocycles. The van der Waals surface area contributed by atoms with Gasteiger partial charge in [0.1, 0.15) is 17.9 Å². The Bertz CT molecular complexity index is 1060. The average molecular weight is 511 g/mol. The molecule has 174 valence electrons. The second-order valence-electron chi connectivity index (χ2n) is 7.21. The van der Waals surface area contributed by atoms with Crippen molar-refractivity contribution in [3.63, 3.8) is 0 Å². The molecule has 33 heavy (non-hydrogen) atoms. The van der Waals surface area contributed by atoms with Crippen molar-refractivity contribution in [3.05, 3.63) is 57.7 Å². The van der Waals surface area contributed by atoms with Gasteiger partial charge in [0, 0.05) is 25.3 Å². The molecule has 1 unspecified atom stereocenters. The number of carbonyl (C=O) groups is 4. The SMILES string of the molecule is CC(=O)N1CSCC1C(=O)N[C@@H](Cc1ccc(NC(=O)c2c(Cl)cccc2Cl)nc1)C(=O)O. The average Bonchev–Trinajstić information content (AvgIpc) is 3.25. The van der Waals surface area contributed by atoms with E-state index in [1.165, 1.54) is 35.8 Å². The number of carboxylic acids is 1. The third-order valence-electron chi connectivity index (χ3n) is 4.90. The Morgan fingerprint density at radius 2 is 1.91 bits per heavy atom. The van der Waals surface area contributed by atoms with Crippen molar-refractivity contribution in [1.29, 1.82) is 0 Å². The maximum absolute atomic E-state index is 12.6. The highest BCUT2D eigenvalue weighted by Gasteiger charge is 2.35. The fourth-order valence-electron chi connectivity index (χ4n) is 3.19. The molecule has 0 bridgehead atoms. The molecule has 0 spiro atoms. The zero-order valence-electron chi connectivity index (χ0n) is 17.4. The van der Waals surface area contributed by atoms with Crippen molar-refractivity contribution in [2.75, 3.05) is 16.9 Å². The summed E-state index contributed by atoms with van der Waals surface area (Å²) in [6.45, 7) is 1.37. The summed E-state index contributed by atoms with van der Waals surface area (Å²) in [6, 6.07) is 5.88. The monoisotopic (exact) mass is 510 g/mol. The number of carboxylic acid groups (broad SMARTS) is 1. The summed E-state index contributed by atoms with van der Waals surface area (Å²) in [5.41, 5.74) is 0.644. The lowest BCUT2D eigenvalue weighted by Crippen LogP contribution is -2.52. The third kappa shape index (κ3) is 6.16. The fraction of sp³-hybridized carbons (Fsp3) is 0.286. The van der Waals surface area contributed by atoms with Crippen LogP contribution < -0.4 is 10.6 Å². The Balaban J connectivity index is 1.64. The van der Waals surface area contributed by atoms with Crippen molar-refractivity contribution in [3.8, 4) is 0 Å². The van der Waals surface area contributed by atoms with Crippen LogP contribution >= 0.6 is 35.0 Å². The van der Waals surface area contributed by atoms with Gasteiger partial charge in [0.2, 0.25) is 11.8 Å². The molecule has 9 nitrogen and oxygen atoms in total. The topological polar surface area (TPSA) is 129 Å². The zero-order valence-corrected chi connectivity index (χ0v) is 19.7. The van der Waals surface area contributed by atoms with Gasteiger partial charge in [-0.1, -0.05) is 35.3 Å². The molecule has 12 heteroatoms. The summed E-state index contributed by atoms with van der Waals surface area (Å²) in [4.78, 5) is 53.9. The van der Waals surface area contributed by atoms with Gasteiger partial charge < -0.3 is 20.6 Å². The minimum absolute atomic E-state index is 0.0292. The van der Waals surface area contributed by atoms with E-state index in [0.717, 1.165) is 0 Å². The number of halogens is 2. The normalized spacial score (nSPS) is 16.2. The predicted octanol–water partition coefficient (Wildman–Crippen LogP) is 2.67. The number of anilines is 1. The highest BCUT2D eigenvalue weighted by atomic mass is 35.5. The first-order chi connectivity index (χ1) is 15.7. The number of benzene rings is 1. The summed E-state index contributed by atoms with van der Waals surface area (Å²) < 4.78 is 0. The maximum atomic E-state index is 12.6. The molecule has 0 radical (unpaired) electrons. The quantitative estimate of drug-likeness (QED) is 0.522. The van der Waals surface area contributed by atoms with Crippen LogP contribution in [0.4, 0.5) is 5.82 Å². The van der Waals surface area contributed by atoms with E-state index in [9.17, 15) is 24.3 Å². The lowest BCUT2D eigenvalue weighted by Gasteiger charge is -2.23. The number of nitrogens with zero attached hydrogens (tertiary/aromatic N) is 2. The second kappa shape index (κ2) is 10.9. The molecule has 1 saturated heterocycles. The van der Waals surface area contributed by atoms with Gasteiger partial charge >= 0.3 is 5.97 Å². The van der Waals surface area contributed by atoms with Crippen molar-refractivity contribution in [2.24, 2.45) is 0 Å². The molecule has 0 aliphatic carbocycles. The largest absolute Gasteiger partial charge is 0.480 e. The molecule has 3 amide bonds. The predicted molar refractivity (Wildman–Crippen MR) is 126 cm³/mol. The smallest absolute Gasteiger partial charge is 0.326 e. The zero-order chi connectivity index (χ0) is 24.1. The van der Waals surface area contributed by atoms with E-state index in [4.69, 9.17) is 23.2 Å². The van der Waals surface area contributed by atoms with Crippen LogP contribution in [-0.4, -0.2) is 62.4 Å². The Hall–Kier alpha value is -2.82. The number of aromatic nitrogens is 1. The summed E-state index contributed by atoms with van der Waals surface area (Å²) in [5, 5.41) is 15.0. The first-order valence-electron chi connectivity index (χ1n) is 9.75. The Labute approximate surface area is 203 Å². The summed E-state index contributed by atoms with van der Waals surface area (Å²) in [5.74, 6) is -1.50. The van der Waals surface area contributed by atoms with E-state index in [1.807, 2.05) is 0 Å². The molecule has 2 heterocycles. The van der Waals surface area contributed by atoms with Crippen molar-refractivity contribution in [1.82, 2.24) is 15.2 Å². The van der Waals surface area contributed by atoms with Gasteiger partial charge in [0.25, 0.3) is 5.91 Å². The fourth-order valence-corrected chi connectivity index (χ4v) is 4.97. The molecule has 3 rings (SSSR count). The van der Waals surface area contributed by atoms with E-state index >= 15 is 0 Å². The van der Waals surface area contributed by atoms with Crippen LogP contribution in [0.15, 0.2) is 36.5 Å². The van der Waals surface area contributed by atoms with Crippen LogP contribution in [0.3, 0.4) is 0 Å². The molecule has 1 aliphatic heterocycles. The minimum atomic E-state index is -1.21. The van der Waals surface area contributed by atoms with Crippen molar-refractivity contribution in [2.45, 2.75) is 25.4 Å². The first kappa shape index (κ1) is 24.8. The Kier molecular flexibility index (Phi) is 8.17. The number of nitrogens with one attached hydrogen (secondary N) is 2. The molecule has 1 fully saturated rings. The van der Waals surface area contributed by atoms with Gasteiger partial charge in [-0.15, -0.1) is 11.8 Å². The molecule has 2 atom stereocenters. The van der Waals surface area contributed by atoms with E-state index < -0.39 is 29.9 Å². The standard InChI is InChI=1S/C21H20Cl2N4O5S/c1-11(28)27-10-33-9-16(27)19(29)25-15(21(31)32)7-12-5-6-17(24-8-12)26-20(30)18-13(22)3-2-4-14(18)23/h2-6,8,15-16H,7,9-10H2,1H3,(H,25,29)(H,31,32)(H,24,26,30)/t15-,16?/m0/s1. The number of aliphatic carboxylic acids is 1. The van der Waals surface area contributed by atoms with Gasteiger partial charge in [-0.2, -0.15) is 0 Å². The molecule has 0 saturated carbocycles. The molecular weight excluding hydrogens is 491 g/mol. The lowest BCUT2D eigenvalue weighted by atomic mass is 10.1. The van der Waals surface area contributed by atoms with E-state index in [0.29, 0.717) is 17.2 Å². The van der Waals surface area contributed by atoms with E-state index in [1.54, 1.807) is 24.3 Å². The lowest BCUT2D eigenvalue weighted by molar-refractivity contribution is -0.143. The molecule has 3 N–H and O–H groups in total. The summed E-state index contributed by atoms with van der Waals surface area (Å²) in [7, 11) is 0. The van der Waals surface area contributed by atoms with Crippen LogP contribution in [0.1, 0.15) is 22.8 Å². The first-order valence-corrected chi connectivity index (χ1v) is 11.7. The third-order valence-corrected chi connectivity index (χ3v) is 6.54. The summed E-state index contributed by atoms with van der Waals surface area (Å²) in [6.07, 6.45) is 1.37. The molecule has 2 aromatic rings. The number of pyridine rings is 1. The Morgan fingerprint density at radius 3 is 2.48 bits per heavy atom. The number of carbonyl (C=O) groups excluding carboxylic acids is 3. The molecule has 1 aromatic heterocycles. The van der Waals surface area contributed by atoms with Crippen LogP contribution in [0.2, 0.25) is 10.0 Å². The van der Waals surface area contributed by atoms with Gasteiger partial charge in [-0.3, -0.25) is 14.4 Å². The Morgan fingerprint density at radius 1 is 1.21 bits per heavy atom. The number of thioether (sulfide) groups is 1. The highest BCUT2D eigenvalue weighted by molar-refractivity contribution is 7.99. The number of amides is 3. The number of rotatable bonds is 7. The number of hydrogen-bond donors (Lipinski definition) is 3. The van der Waals surface area contributed by atoms with E-state index in [-0.39, 0.29) is 33.8 Å². The van der Waals surface area contributed by atoms with Crippen LogP contribution in [0.5, 0.6) is 0 Å². The molecule has 1 aliphatic rings. The molecular formula is C21H20Cl2N4O5S. The van der Waals surface area contributed by atoms with E-state index in [2.05, 4.69) is 15.6 Å². The van der Waals surface area contributed by atoms with Gasteiger partial charge in [0.15, 0.2) is 0 Å². The van der Waals surface area contributed by atoms with Crippen molar-refractivity contribution >= 4 is 64.5 Å². The van der Waals surface area contributed by atoms with Crippen molar-refractivity contribution < 1.29 is 24.3 Å². The van der Waals surface area contributed by atoms with Gasteiger partial charge in [0.05, 0.1) is 21.5 Å².